The lowest BCUT2D eigenvalue weighted by atomic mass is 10.0. The number of benzene rings is 1. The van der Waals surface area contributed by atoms with E-state index in [4.69, 9.17) is 5.11 Å². The van der Waals surface area contributed by atoms with Crippen molar-refractivity contribution in [3.05, 3.63) is 29.3 Å². The van der Waals surface area contributed by atoms with Crippen LogP contribution in [0, 0.1) is 17.6 Å². The molecule has 23 heavy (non-hydrogen) atoms. The van der Waals surface area contributed by atoms with Crippen LogP contribution in [0.3, 0.4) is 0 Å². The van der Waals surface area contributed by atoms with Crippen molar-refractivity contribution >= 4 is 22.0 Å². The van der Waals surface area contributed by atoms with Gasteiger partial charge in [-0.2, -0.15) is 4.31 Å². The van der Waals surface area contributed by atoms with Gasteiger partial charge in [0.25, 0.3) is 0 Å². The van der Waals surface area contributed by atoms with Crippen molar-refractivity contribution in [3.8, 4) is 0 Å². The van der Waals surface area contributed by atoms with Crippen LogP contribution < -0.4 is 0 Å². The molecule has 0 bridgehead atoms. The van der Waals surface area contributed by atoms with Crippen molar-refractivity contribution in [2.75, 3.05) is 6.54 Å². The second-order valence-corrected chi connectivity index (χ2v) is 7.13. The summed E-state index contributed by atoms with van der Waals surface area (Å²) in [5.41, 5.74) is -1.14. The van der Waals surface area contributed by atoms with Gasteiger partial charge < -0.3 is 10.2 Å². The van der Waals surface area contributed by atoms with Gasteiger partial charge in [-0.25, -0.2) is 22.0 Å². The number of rotatable bonds is 4. The van der Waals surface area contributed by atoms with Crippen molar-refractivity contribution in [1.29, 1.82) is 0 Å². The first kappa shape index (κ1) is 17.3. The van der Waals surface area contributed by atoms with Crippen LogP contribution in [0.25, 0.3) is 0 Å². The van der Waals surface area contributed by atoms with Crippen LogP contribution in [0.5, 0.6) is 0 Å². The lowest BCUT2D eigenvalue weighted by Crippen LogP contribution is -2.42. The molecule has 2 rings (SSSR count). The van der Waals surface area contributed by atoms with E-state index in [0.717, 1.165) is 0 Å². The highest BCUT2D eigenvalue weighted by molar-refractivity contribution is 7.89. The highest BCUT2D eigenvalue weighted by Gasteiger charge is 2.44. The van der Waals surface area contributed by atoms with E-state index in [2.05, 4.69) is 0 Å². The van der Waals surface area contributed by atoms with Crippen LogP contribution >= 0.6 is 0 Å². The molecule has 0 amide bonds. The first-order valence-electron chi connectivity index (χ1n) is 6.54. The van der Waals surface area contributed by atoms with Gasteiger partial charge in [-0.1, -0.05) is 6.92 Å². The summed E-state index contributed by atoms with van der Waals surface area (Å²) in [5, 5.41) is 18.0. The maximum atomic E-state index is 13.5. The summed E-state index contributed by atoms with van der Waals surface area (Å²) in [5.74, 6) is -6.97. The summed E-state index contributed by atoms with van der Waals surface area (Å²) in [7, 11) is -4.48. The predicted molar refractivity (Wildman–Crippen MR) is 72.4 cm³/mol. The first-order valence-corrected chi connectivity index (χ1v) is 7.98. The number of halogens is 2. The van der Waals surface area contributed by atoms with E-state index in [1.165, 1.54) is 0 Å². The molecule has 0 saturated carbocycles. The lowest BCUT2D eigenvalue weighted by Gasteiger charge is -2.23. The van der Waals surface area contributed by atoms with Crippen molar-refractivity contribution < 1.29 is 37.0 Å². The SMILES string of the molecule is CC1CCN(S(=O)(=O)c2cc(F)c(F)c(C(=O)O)c2)C1C(=O)O. The zero-order chi connectivity index (χ0) is 17.5. The van der Waals surface area contributed by atoms with Gasteiger partial charge >= 0.3 is 11.9 Å². The number of nitrogens with zero attached hydrogens (tertiary/aromatic N) is 1. The Morgan fingerprint density at radius 3 is 2.39 bits per heavy atom. The first-order chi connectivity index (χ1) is 10.6. The van der Waals surface area contributed by atoms with E-state index in [9.17, 15) is 31.9 Å². The molecule has 1 aliphatic heterocycles. The van der Waals surface area contributed by atoms with Gasteiger partial charge in [0, 0.05) is 6.54 Å². The van der Waals surface area contributed by atoms with Crippen LogP contribution in [0.1, 0.15) is 23.7 Å². The second-order valence-electron chi connectivity index (χ2n) is 5.24. The monoisotopic (exact) mass is 349 g/mol. The summed E-state index contributed by atoms with van der Waals surface area (Å²) in [6, 6.07) is -0.516. The summed E-state index contributed by atoms with van der Waals surface area (Å²) < 4.78 is 52.6. The molecule has 1 aliphatic rings. The van der Waals surface area contributed by atoms with E-state index in [0.29, 0.717) is 16.4 Å². The molecule has 0 radical (unpaired) electrons. The second kappa shape index (κ2) is 5.85. The number of sulfonamides is 1. The number of carboxylic acids is 2. The fourth-order valence-electron chi connectivity index (χ4n) is 2.55. The summed E-state index contributed by atoms with van der Waals surface area (Å²) >= 11 is 0. The highest BCUT2D eigenvalue weighted by atomic mass is 32.2. The zero-order valence-electron chi connectivity index (χ0n) is 11.9. The quantitative estimate of drug-likeness (QED) is 0.843. The van der Waals surface area contributed by atoms with Crippen LogP contribution in [0.2, 0.25) is 0 Å². The number of aliphatic carboxylic acids is 1. The molecule has 2 N–H and O–H groups in total. The van der Waals surface area contributed by atoms with E-state index in [1.807, 2.05) is 0 Å². The average molecular weight is 349 g/mol. The standard InChI is InChI=1S/C13H13F2NO6S/c1-6-2-3-16(11(6)13(19)20)23(21,22)7-4-8(12(17)18)10(15)9(14)5-7/h4-6,11H,2-3H2,1H3,(H,17,18)(H,19,20). The molecule has 1 heterocycles. The van der Waals surface area contributed by atoms with Crippen molar-refractivity contribution in [1.82, 2.24) is 4.31 Å². The van der Waals surface area contributed by atoms with Crippen molar-refractivity contribution in [3.63, 3.8) is 0 Å². The Hall–Kier alpha value is -2.07. The zero-order valence-corrected chi connectivity index (χ0v) is 12.7. The number of aromatic carboxylic acids is 1. The lowest BCUT2D eigenvalue weighted by molar-refractivity contribution is -0.141. The summed E-state index contributed by atoms with van der Waals surface area (Å²) in [4.78, 5) is 21.4. The smallest absolute Gasteiger partial charge is 0.338 e. The Morgan fingerprint density at radius 2 is 1.87 bits per heavy atom. The molecular weight excluding hydrogens is 336 g/mol. The Balaban J connectivity index is 2.57. The van der Waals surface area contributed by atoms with Crippen LogP contribution in [-0.2, 0) is 14.8 Å². The Labute approximate surface area is 130 Å². The minimum atomic E-state index is -4.48. The van der Waals surface area contributed by atoms with Crippen LogP contribution in [0.15, 0.2) is 17.0 Å². The van der Waals surface area contributed by atoms with Gasteiger partial charge in [-0.15, -0.1) is 0 Å². The molecule has 2 unspecified atom stereocenters. The third-order valence-electron chi connectivity index (χ3n) is 3.75. The molecule has 10 heteroatoms. The van der Waals surface area contributed by atoms with Gasteiger partial charge in [-0.3, -0.25) is 4.79 Å². The molecule has 126 valence electrons. The third-order valence-corrected chi connectivity index (χ3v) is 5.60. The maximum absolute atomic E-state index is 13.5. The molecule has 1 aromatic rings. The van der Waals surface area contributed by atoms with Gasteiger partial charge in [0.15, 0.2) is 11.6 Å². The van der Waals surface area contributed by atoms with Crippen molar-refractivity contribution in [2.45, 2.75) is 24.3 Å². The molecule has 2 atom stereocenters. The van der Waals surface area contributed by atoms with Gasteiger partial charge in [0.1, 0.15) is 6.04 Å². The van der Waals surface area contributed by atoms with E-state index >= 15 is 0 Å². The fraction of sp³-hybridized carbons (Fsp3) is 0.385. The van der Waals surface area contributed by atoms with E-state index in [-0.39, 0.29) is 13.0 Å². The maximum Gasteiger partial charge on any atom is 0.338 e. The Bertz CT molecular complexity index is 779. The molecule has 1 aromatic carbocycles. The Kier molecular flexibility index (Phi) is 4.40. The summed E-state index contributed by atoms with van der Waals surface area (Å²) in [6.07, 6.45) is 0.283. The summed E-state index contributed by atoms with van der Waals surface area (Å²) in [6.45, 7) is 1.45. The number of hydrogen-bond donors (Lipinski definition) is 2. The Morgan fingerprint density at radius 1 is 1.26 bits per heavy atom. The topological polar surface area (TPSA) is 112 Å². The fourth-order valence-corrected chi connectivity index (χ4v) is 4.28. The van der Waals surface area contributed by atoms with Gasteiger partial charge in [-0.05, 0) is 24.5 Å². The molecule has 0 aromatic heterocycles. The average Bonchev–Trinajstić information content (AvgIpc) is 2.83. The number of carboxylic acid groups (broad SMARTS) is 2. The van der Waals surface area contributed by atoms with Crippen LogP contribution in [-0.4, -0.2) is 47.5 Å². The van der Waals surface area contributed by atoms with E-state index < -0.39 is 56.0 Å². The highest BCUT2D eigenvalue weighted by Crippen LogP contribution is 2.31. The molecule has 0 aliphatic carbocycles. The van der Waals surface area contributed by atoms with Gasteiger partial charge in [0.2, 0.25) is 10.0 Å². The molecule has 7 nitrogen and oxygen atoms in total. The minimum Gasteiger partial charge on any atom is -0.480 e. The largest absolute Gasteiger partial charge is 0.480 e. The predicted octanol–water partition coefficient (Wildman–Crippen LogP) is 1.15. The number of hydrogen-bond acceptors (Lipinski definition) is 4. The molecule has 0 spiro atoms. The molecule has 1 fully saturated rings. The third kappa shape index (κ3) is 2.91. The normalized spacial score (nSPS) is 22.2. The number of carbonyl (C=O) groups is 2. The minimum absolute atomic E-state index is 0.109. The van der Waals surface area contributed by atoms with Gasteiger partial charge in [0.05, 0.1) is 10.5 Å². The van der Waals surface area contributed by atoms with Crippen molar-refractivity contribution in [2.24, 2.45) is 5.92 Å². The van der Waals surface area contributed by atoms with Crippen LogP contribution in [0.4, 0.5) is 8.78 Å². The van der Waals surface area contributed by atoms with E-state index in [1.54, 1.807) is 6.92 Å². The molecular formula is C13H13F2NO6S. The molecule has 1 saturated heterocycles.